The van der Waals surface area contributed by atoms with Crippen LogP contribution in [-0.2, 0) is 5.60 Å². The third kappa shape index (κ3) is 1.36. The number of hydrogen-bond acceptors (Lipinski definition) is 4. The number of oxazole rings is 1. The van der Waals surface area contributed by atoms with E-state index < -0.39 is 5.60 Å². The van der Waals surface area contributed by atoms with Gasteiger partial charge in [-0.05, 0) is 25.3 Å². The lowest BCUT2D eigenvalue weighted by Gasteiger charge is -2.19. The Bertz CT molecular complexity index is 417. The number of nitrogens with zero attached hydrogens (tertiary/aromatic N) is 1. The van der Waals surface area contributed by atoms with Crippen molar-refractivity contribution < 1.29 is 9.52 Å². The van der Waals surface area contributed by atoms with Gasteiger partial charge in [0.2, 0.25) is 0 Å². The summed E-state index contributed by atoms with van der Waals surface area (Å²) in [4.78, 5) is 4.83. The number of aryl methyl sites for hydroxylation is 1. The second kappa shape index (κ2) is 3.22. The summed E-state index contributed by atoms with van der Waals surface area (Å²) in [5, 5.41) is 12.2. The second-order valence-electron chi connectivity index (χ2n) is 3.32. The van der Waals surface area contributed by atoms with Gasteiger partial charge in [0.05, 0.1) is 5.69 Å². The standard InChI is InChI=1S/C10H11NO2S/c1-7-9(13-6-11-7)10(2,12)8-4-3-5-14-8/h3-6,12H,1-2H3. The molecule has 2 rings (SSSR count). The molecule has 0 aliphatic heterocycles. The molecule has 4 heteroatoms. The molecular weight excluding hydrogens is 198 g/mol. The third-order valence-corrected chi connectivity index (χ3v) is 3.27. The molecule has 0 aliphatic carbocycles. The number of hydrogen-bond donors (Lipinski definition) is 1. The van der Waals surface area contributed by atoms with Crippen LogP contribution in [0.5, 0.6) is 0 Å². The molecule has 2 aromatic rings. The minimum Gasteiger partial charge on any atom is -0.445 e. The van der Waals surface area contributed by atoms with E-state index in [0.29, 0.717) is 5.76 Å². The van der Waals surface area contributed by atoms with Crippen LogP contribution in [0, 0.1) is 6.92 Å². The van der Waals surface area contributed by atoms with Crippen molar-refractivity contribution in [3.8, 4) is 0 Å². The van der Waals surface area contributed by atoms with Crippen LogP contribution in [0.15, 0.2) is 28.3 Å². The maximum atomic E-state index is 10.3. The minimum absolute atomic E-state index is 0.514. The highest BCUT2D eigenvalue weighted by atomic mass is 32.1. The van der Waals surface area contributed by atoms with Crippen LogP contribution in [0.3, 0.4) is 0 Å². The zero-order valence-electron chi connectivity index (χ0n) is 8.02. The number of aliphatic hydroxyl groups is 1. The molecule has 1 N–H and O–H groups in total. The van der Waals surface area contributed by atoms with E-state index in [1.165, 1.54) is 17.7 Å². The van der Waals surface area contributed by atoms with E-state index in [0.717, 1.165) is 10.6 Å². The van der Waals surface area contributed by atoms with Crippen molar-refractivity contribution in [2.75, 3.05) is 0 Å². The summed E-state index contributed by atoms with van der Waals surface area (Å²) >= 11 is 1.50. The highest BCUT2D eigenvalue weighted by Crippen LogP contribution is 2.33. The lowest BCUT2D eigenvalue weighted by Crippen LogP contribution is -2.21. The molecule has 74 valence electrons. The summed E-state index contributed by atoms with van der Waals surface area (Å²) in [7, 11) is 0. The average Bonchev–Trinajstić information content (AvgIpc) is 2.72. The van der Waals surface area contributed by atoms with Crippen LogP contribution in [0.1, 0.15) is 23.3 Å². The van der Waals surface area contributed by atoms with Crippen molar-refractivity contribution in [2.24, 2.45) is 0 Å². The van der Waals surface area contributed by atoms with Gasteiger partial charge in [0.15, 0.2) is 17.8 Å². The molecule has 14 heavy (non-hydrogen) atoms. The first-order chi connectivity index (χ1) is 6.62. The molecule has 0 bridgehead atoms. The van der Waals surface area contributed by atoms with E-state index in [2.05, 4.69) is 4.98 Å². The van der Waals surface area contributed by atoms with Crippen molar-refractivity contribution in [3.63, 3.8) is 0 Å². The maximum absolute atomic E-state index is 10.3. The first-order valence-corrected chi connectivity index (χ1v) is 5.17. The zero-order valence-corrected chi connectivity index (χ0v) is 8.84. The van der Waals surface area contributed by atoms with Crippen molar-refractivity contribution in [2.45, 2.75) is 19.4 Å². The molecule has 0 aliphatic rings. The highest BCUT2D eigenvalue weighted by molar-refractivity contribution is 7.10. The molecule has 1 unspecified atom stereocenters. The topological polar surface area (TPSA) is 46.3 Å². The second-order valence-corrected chi connectivity index (χ2v) is 4.26. The van der Waals surface area contributed by atoms with E-state index in [1.54, 1.807) is 6.92 Å². The molecule has 0 saturated heterocycles. The van der Waals surface area contributed by atoms with Gasteiger partial charge in [-0.15, -0.1) is 11.3 Å². The molecule has 0 amide bonds. The molecule has 0 spiro atoms. The SMILES string of the molecule is Cc1ncoc1C(C)(O)c1cccs1. The van der Waals surface area contributed by atoms with Crippen molar-refractivity contribution >= 4 is 11.3 Å². The summed E-state index contributed by atoms with van der Waals surface area (Å²) in [5.41, 5.74) is -0.349. The van der Waals surface area contributed by atoms with Crippen molar-refractivity contribution in [1.82, 2.24) is 4.98 Å². The summed E-state index contributed by atoms with van der Waals surface area (Å²) in [6.07, 6.45) is 1.35. The quantitative estimate of drug-likeness (QED) is 0.825. The van der Waals surface area contributed by atoms with Gasteiger partial charge in [0, 0.05) is 4.88 Å². The molecule has 0 fully saturated rings. The zero-order chi connectivity index (χ0) is 10.2. The smallest absolute Gasteiger partial charge is 0.181 e. The van der Waals surface area contributed by atoms with Crippen LogP contribution >= 0.6 is 11.3 Å². The number of thiophene rings is 1. The normalized spacial score (nSPS) is 15.4. The van der Waals surface area contributed by atoms with E-state index in [1.807, 2.05) is 24.4 Å². The fourth-order valence-corrected chi connectivity index (χ4v) is 2.22. The van der Waals surface area contributed by atoms with Crippen molar-refractivity contribution in [3.05, 3.63) is 40.2 Å². The summed E-state index contributed by atoms with van der Waals surface area (Å²) in [6, 6.07) is 3.78. The predicted octanol–water partition coefficient (Wildman–Crippen LogP) is 2.30. The lowest BCUT2D eigenvalue weighted by atomic mass is 10.0. The van der Waals surface area contributed by atoms with Crippen LogP contribution in [0.4, 0.5) is 0 Å². The van der Waals surface area contributed by atoms with Crippen molar-refractivity contribution in [1.29, 1.82) is 0 Å². The first-order valence-electron chi connectivity index (χ1n) is 4.29. The third-order valence-electron chi connectivity index (χ3n) is 2.19. The average molecular weight is 209 g/mol. The fourth-order valence-electron chi connectivity index (χ4n) is 1.44. The number of rotatable bonds is 2. The van der Waals surface area contributed by atoms with Crippen LogP contribution in [-0.4, -0.2) is 10.1 Å². The fraction of sp³-hybridized carbons (Fsp3) is 0.300. The summed E-state index contributed by atoms with van der Waals surface area (Å²) in [6.45, 7) is 3.53. The van der Waals surface area contributed by atoms with Gasteiger partial charge >= 0.3 is 0 Å². The monoisotopic (exact) mass is 209 g/mol. The van der Waals surface area contributed by atoms with Crippen LogP contribution < -0.4 is 0 Å². The van der Waals surface area contributed by atoms with Gasteiger partial charge in [0.1, 0.15) is 0 Å². The van der Waals surface area contributed by atoms with E-state index in [-0.39, 0.29) is 0 Å². The minimum atomic E-state index is -1.07. The van der Waals surface area contributed by atoms with E-state index in [9.17, 15) is 5.11 Å². The molecule has 2 aromatic heterocycles. The van der Waals surface area contributed by atoms with E-state index in [4.69, 9.17) is 4.42 Å². The van der Waals surface area contributed by atoms with Gasteiger partial charge in [-0.2, -0.15) is 0 Å². The molecule has 1 atom stereocenters. The van der Waals surface area contributed by atoms with Gasteiger partial charge in [-0.1, -0.05) is 6.07 Å². The Hall–Kier alpha value is -1.13. The Morgan fingerprint density at radius 3 is 2.86 bits per heavy atom. The molecule has 2 heterocycles. The Kier molecular flexibility index (Phi) is 2.17. The van der Waals surface area contributed by atoms with Crippen LogP contribution in [0.25, 0.3) is 0 Å². The molecular formula is C10H11NO2S. The predicted molar refractivity (Wildman–Crippen MR) is 54.2 cm³/mol. The van der Waals surface area contributed by atoms with Crippen LogP contribution in [0.2, 0.25) is 0 Å². The Morgan fingerprint density at radius 1 is 1.57 bits per heavy atom. The van der Waals surface area contributed by atoms with Gasteiger partial charge in [-0.3, -0.25) is 0 Å². The Morgan fingerprint density at radius 2 is 2.36 bits per heavy atom. The molecule has 3 nitrogen and oxygen atoms in total. The first kappa shape index (κ1) is 9.43. The Balaban J connectivity index is 2.48. The highest BCUT2D eigenvalue weighted by Gasteiger charge is 2.32. The maximum Gasteiger partial charge on any atom is 0.181 e. The molecule has 0 saturated carbocycles. The van der Waals surface area contributed by atoms with Gasteiger partial charge in [0.25, 0.3) is 0 Å². The van der Waals surface area contributed by atoms with E-state index >= 15 is 0 Å². The van der Waals surface area contributed by atoms with Gasteiger partial charge < -0.3 is 9.52 Å². The largest absolute Gasteiger partial charge is 0.445 e. The lowest BCUT2D eigenvalue weighted by molar-refractivity contribution is 0.0796. The Labute approximate surface area is 86.0 Å². The summed E-state index contributed by atoms with van der Waals surface area (Å²) in [5.74, 6) is 0.514. The molecule has 0 aromatic carbocycles. The molecule has 0 radical (unpaired) electrons. The van der Waals surface area contributed by atoms with Gasteiger partial charge in [-0.25, -0.2) is 4.98 Å². The summed E-state index contributed by atoms with van der Waals surface area (Å²) < 4.78 is 5.20. The number of aromatic nitrogens is 1.